The molecule has 0 aliphatic carbocycles. The number of hydrogen-bond donors (Lipinski definition) is 1. The highest BCUT2D eigenvalue weighted by molar-refractivity contribution is 7.89. The van der Waals surface area contributed by atoms with Gasteiger partial charge in [-0.25, -0.2) is 13.1 Å². The molecule has 0 spiro atoms. The van der Waals surface area contributed by atoms with Gasteiger partial charge in [0.15, 0.2) is 6.61 Å². The quantitative estimate of drug-likeness (QED) is 0.681. The van der Waals surface area contributed by atoms with Crippen molar-refractivity contribution in [1.82, 2.24) is 9.62 Å². The molecule has 0 radical (unpaired) electrons. The average Bonchev–Trinajstić information content (AvgIpc) is 2.77. The van der Waals surface area contributed by atoms with Gasteiger partial charge in [-0.15, -0.1) is 0 Å². The number of rotatable bonds is 9. The van der Waals surface area contributed by atoms with E-state index in [-0.39, 0.29) is 24.2 Å². The predicted molar refractivity (Wildman–Crippen MR) is 113 cm³/mol. The van der Waals surface area contributed by atoms with Gasteiger partial charge in [-0.1, -0.05) is 48.5 Å². The SMILES string of the molecule is O=C(COc1ccccc1)N1CCC(CNS(=O)(=O)CCc2ccccc2)CC1. The van der Waals surface area contributed by atoms with Crippen molar-refractivity contribution in [2.75, 3.05) is 32.0 Å². The molecule has 1 N–H and O–H groups in total. The molecule has 7 heteroatoms. The average molecular weight is 417 g/mol. The van der Waals surface area contributed by atoms with Gasteiger partial charge in [0.25, 0.3) is 5.91 Å². The summed E-state index contributed by atoms with van der Waals surface area (Å²) in [4.78, 5) is 14.1. The van der Waals surface area contributed by atoms with E-state index in [9.17, 15) is 13.2 Å². The fourth-order valence-electron chi connectivity index (χ4n) is 3.35. The van der Waals surface area contributed by atoms with Gasteiger partial charge in [0.05, 0.1) is 5.75 Å². The number of carbonyl (C=O) groups is 1. The first-order valence-corrected chi connectivity index (χ1v) is 11.6. The molecule has 0 saturated carbocycles. The number of aryl methyl sites for hydroxylation is 1. The third kappa shape index (κ3) is 7.18. The number of piperidine rings is 1. The van der Waals surface area contributed by atoms with Crippen LogP contribution in [0, 0.1) is 5.92 Å². The molecular weight excluding hydrogens is 388 g/mol. The molecule has 2 aromatic rings. The zero-order valence-electron chi connectivity index (χ0n) is 16.5. The van der Waals surface area contributed by atoms with E-state index in [1.54, 1.807) is 4.90 Å². The summed E-state index contributed by atoms with van der Waals surface area (Å²) in [5.41, 5.74) is 1.02. The lowest BCUT2D eigenvalue weighted by Crippen LogP contribution is -2.43. The molecule has 1 amide bonds. The van der Waals surface area contributed by atoms with Crippen LogP contribution in [0.3, 0.4) is 0 Å². The Balaban J connectivity index is 1.35. The molecule has 0 atom stereocenters. The molecule has 2 aromatic carbocycles. The minimum atomic E-state index is -3.30. The molecule has 0 aromatic heterocycles. The molecule has 3 rings (SSSR count). The lowest BCUT2D eigenvalue weighted by molar-refractivity contribution is -0.134. The van der Waals surface area contributed by atoms with E-state index in [1.165, 1.54) is 0 Å². The monoisotopic (exact) mass is 416 g/mol. The lowest BCUT2D eigenvalue weighted by atomic mass is 9.97. The normalized spacial score (nSPS) is 15.2. The van der Waals surface area contributed by atoms with Gasteiger partial charge in [0.1, 0.15) is 5.75 Å². The second-order valence-corrected chi connectivity index (χ2v) is 9.26. The summed E-state index contributed by atoms with van der Waals surface area (Å²) in [6, 6.07) is 18.9. The predicted octanol–water partition coefficient (Wildman–Crippen LogP) is 2.47. The van der Waals surface area contributed by atoms with Crippen LogP contribution in [0.25, 0.3) is 0 Å². The molecular formula is C22H28N2O4S. The molecule has 6 nitrogen and oxygen atoms in total. The number of nitrogens with one attached hydrogen (secondary N) is 1. The molecule has 1 heterocycles. The minimum Gasteiger partial charge on any atom is -0.484 e. The van der Waals surface area contributed by atoms with Crippen molar-refractivity contribution in [2.45, 2.75) is 19.3 Å². The first kappa shape index (κ1) is 21.3. The van der Waals surface area contributed by atoms with Crippen LogP contribution in [0.5, 0.6) is 5.75 Å². The number of sulfonamides is 1. The van der Waals surface area contributed by atoms with Gasteiger partial charge in [-0.05, 0) is 42.9 Å². The van der Waals surface area contributed by atoms with E-state index in [0.29, 0.717) is 31.8 Å². The molecule has 1 aliphatic rings. The molecule has 1 saturated heterocycles. The summed E-state index contributed by atoms with van der Waals surface area (Å²) < 4.78 is 32.7. The van der Waals surface area contributed by atoms with Crippen molar-refractivity contribution in [3.63, 3.8) is 0 Å². The van der Waals surface area contributed by atoms with Gasteiger partial charge in [-0.2, -0.15) is 0 Å². The van der Waals surface area contributed by atoms with E-state index in [0.717, 1.165) is 18.4 Å². The summed E-state index contributed by atoms with van der Waals surface area (Å²) in [6.45, 7) is 1.72. The molecule has 0 unspecified atom stereocenters. The second kappa shape index (κ2) is 10.4. The number of ether oxygens (including phenoxy) is 1. The van der Waals surface area contributed by atoms with Crippen LogP contribution in [0.15, 0.2) is 60.7 Å². The Morgan fingerprint density at radius 2 is 1.62 bits per heavy atom. The van der Waals surface area contributed by atoms with Gasteiger partial charge >= 0.3 is 0 Å². The maximum Gasteiger partial charge on any atom is 0.260 e. The Morgan fingerprint density at radius 1 is 1.00 bits per heavy atom. The molecule has 29 heavy (non-hydrogen) atoms. The van der Waals surface area contributed by atoms with Crippen LogP contribution in [-0.4, -0.2) is 51.2 Å². The Hall–Kier alpha value is -2.38. The summed E-state index contributed by atoms with van der Waals surface area (Å²) in [5.74, 6) is 0.988. The minimum absolute atomic E-state index is 0.0286. The van der Waals surface area contributed by atoms with E-state index >= 15 is 0 Å². The lowest BCUT2D eigenvalue weighted by Gasteiger charge is -2.32. The highest BCUT2D eigenvalue weighted by Crippen LogP contribution is 2.17. The van der Waals surface area contributed by atoms with Crippen LogP contribution in [0.4, 0.5) is 0 Å². The van der Waals surface area contributed by atoms with Crippen molar-refractivity contribution in [3.05, 3.63) is 66.2 Å². The van der Waals surface area contributed by atoms with Crippen LogP contribution >= 0.6 is 0 Å². The number of amides is 1. The highest BCUT2D eigenvalue weighted by Gasteiger charge is 2.24. The Bertz CT molecular complexity index is 864. The highest BCUT2D eigenvalue weighted by atomic mass is 32.2. The van der Waals surface area contributed by atoms with Crippen LogP contribution in [0.2, 0.25) is 0 Å². The Kier molecular flexibility index (Phi) is 7.66. The third-order valence-corrected chi connectivity index (χ3v) is 6.52. The van der Waals surface area contributed by atoms with E-state index in [4.69, 9.17) is 4.74 Å². The van der Waals surface area contributed by atoms with Crippen LogP contribution < -0.4 is 9.46 Å². The van der Waals surface area contributed by atoms with E-state index < -0.39 is 10.0 Å². The second-order valence-electron chi connectivity index (χ2n) is 7.33. The Morgan fingerprint density at radius 3 is 2.28 bits per heavy atom. The number of nitrogens with zero attached hydrogens (tertiary/aromatic N) is 1. The fourth-order valence-corrected chi connectivity index (χ4v) is 4.49. The zero-order valence-corrected chi connectivity index (χ0v) is 17.3. The first-order valence-electron chi connectivity index (χ1n) is 9.99. The summed E-state index contributed by atoms with van der Waals surface area (Å²) in [6.07, 6.45) is 2.08. The molecule has 156 valence electrons. The zero-order chi connectivity index (χ0) is 20.5. The van der Waals surface area contributed by atoms with Crippen molar-refractivity contribution < 1.29 is 17.9 Å². The van der Waals surface area contributed by atoms with Crippen LogP contribution in [0.1, 0.15) is 18.4 Å². The van der Waals surface area contributed by atoms with Gasteiger partial charge in [0.2, 0.25) is 10.0 Å². The van der Waals surface area contributed by atoms with Gasteiger partial charge < -0.3 is 9.64 Å². The maximum atomic E-state index is 12.3. The fraction of sp³-hybridized carbons (Fsp3) is 0.409. The summed E-state index contributed by atoms with van der Waals surface area (Å²) in [5, 5.41) is 0. The van der Waals surface area contributed by atoms with E-state index in [2.05, 4.69) is 4.72 Å². The van der Waals surface area contributed by atoms with Crippen molar-refractivity contribution in [2.24, 2.45) is 5.92 Å². The summed E-state index contributed by atoms with van der Waals surface area (Å²) >= 11 is 0. The number of hydrogen-bond acceptors (Lipinski definition) is 4. The number of likely N-dealkylation sites (tertiary alicyclic amines) is 1. The standard InChI is InChI=1S/C22H28N2O4S/c25-22(18-28-21-9-5-2-6-10-21)24-14-11-20(12-15-24)17-23-29(26,27)16-13-19-7-3-1-4-8-19/h1-10,20,23H,11-18H2. The smallest absolute Gasteiger partial charge is 0.260 e. The largest absolute Gasteiger partial charge is 0.484 e. The molecule has 0 bridgehead atoms. The maximum absolute atomic E-state index is 12.3. The first-order chi connectivity index (χ1) is 14.0. The molecule has 1 fully saturated rings. The topological polar surface area (TPSA) is 75.7 Å². The van der Waals surface area contributed by atoms with Crippen molar-refractivity contribution in [1.29, 1.82) is 0 Å². The molecule has 1 aliphatic heterocycles. The van der Waals surface area contributed by atoms with Crippen molar-refractivity contribution in [3.8, 4) is 5.75 Å². The Labute approximate surface area is 172 Å². The third-order valence-electron chi connectivity index (χ3n) is 5.17. The number of para-hydroxylation sites is 1. The van der Waals surface area contributed by atoms with Crippen LogP contribution in [-0.2, 0) is 21.2 Å². The number of carbonyl (C=O) groups excluding carboxylic acids is 1. The number of benzene rings is 2. The summed E-state index contributed by atoms with van der Waals surface area (Å²) in [7, 11) is -3.30. The van der Waals surface area contributed by atoms with Crippen molar-refractivity contribution >= 4 is 15.9 Å². The van der Waals surface area contributed by atoms with Gasteiger partial charge in [0, 0.05) is 19.6 Å². The van der Waals surface area contributed by atoms with E-state index in [1.807, 2.05) is 60.7 Å². The van der Waals surface area contributed by atoms with Gasteiger partial charge in [-0.3, -0.25) is 4.79 Å².